The van der Waals surface area contributed by atoms with E-state index in [-0.39, 0.29) is 5.91 Å². The fourth-order valence-electron chi connectivity index (χ4n) is 2.61. The van der Waals surface area contributed by atoms with Gasteiger partial charge in [0.25, 0.3) is 5.91 Å². The summed E-state index contributed by atoms with van der Waals surface area (Å²) in [7, 11) is 3.11. The van der Waals surface area contributed by atoms with Gasteiger partial charge in [-0.25, -0.2) is 0 Å². The van der Waals surface area contributed by atoms with Crippen LogP contribution < -0.4 is 24.3 Å². The van der Waals surface area contributed by atoms with Gasteiger partial charge in [-0.1, -0.05) is 6.07 Å². The van der Waals surface area contributed by atoms with E-state index in [9.17, 15) is 4.79 Å². The highest BCUT2D eigenvalue weighted by atomic mass is 16.5. The van der Waals surface area contributed by atoms with Gasteiger partial charge in [0.1, 0.15) is 11.5 Å². The minimum atomic E-state index is -0.178. The number of hydrogen-bond donors (Lipinski definition) is 1. The molecule has 1 N–H and O–H groups in total. The summed E-state index contributed by atoms with van der Waals surface area (Å²) in [6.07, 6.45) is 0.680. The van der Waals surface area contributed by atoms with Crippen molar-refractivity contribution in [2.75, 3.05) is 34.0 Å². The molecule has 0 radical (unpaired) electrons. The second-order valence-corrected chi connectivity index (χ2v) is 5.75. The van der Waals surface area contributed by atoms with Crippen LogP contribution in [0.15, 0.2) is 36.4 Å². The topological polar surface area (TPSA) is 66.0 Å². The van der Waals surface area contributed by atoms with E-state index >= 15 is 0 Å². The lowest BCUT2D eigenvalue weighted by Crippen LogP contribution is -2.25. The Hall–Kier alpha value is -2.89. The van der Waals surface area contributed by atoms with Crippen LogP contribution in [-0.4, -0.2) is 39.9 Å². The van der Waals surface area contributed by atoms with Crippen LogP contribution >= 0.6 is 0 Å². The van der Waals surface area contributed by atoms with E-state index in [1.807, 2.05) is 32.0 Å². The van der Waals surface area contributed by atoms with E-state index in [0.717, 1.165) is 17.1 Å². The van der Waals surface area contributed by atoms with Crippen molar-refractivity contribution in [3.8, 4) is 23.0 Å². The van der Waals surface area contributed by atoms with Crippen LogP contribution in [0.1, 0.15) is 29.8 Å². The molecule has 0 aliphatic rings. The van der Waals surface area contributed by atoms with E-state index in [1.165, 1.54) is 0 Å². The molecule has 0 saturated heterocycles. The Bertz CT molecular complexity index is 738. The molecule has 2 aromatic carbocycles. The van der Waals surface area contributed by atoms with Crippen molar-refractivity contribution in [2.24, 2.45) is 0 Å². The number of amides is 1. The Labute approximate surface area is 160 Å². The molecule has 1 amide bonds. The van der Waals surface area contributed by atoms with Crippen LogP contribution in [0.3, 0.4) is 0 Å². The minimum absolute atomic E-state index is 0.178. The van der Waals surface area contributed by atoms with Crippen LogP contribution in [-0.2, 0) is 6.42 Å². The van der Waals surface area contributed by atoms with Gasteiger partial charge in [-0.3, -0.25) is 4.79 Å². The maximum absolute atomic E-state index is 12.4. The highest BCUT2D eigenvalue weighted by molar-refractivity contribution is 5.95. The zero-order valence-corrected chi connectivity index (χ0v) is 16.3. The van der Waals surface area contributed by atoms with Gasteiger partial charge in [-0.15, -0.1) is 0 Å². The maximum atomic E-state index is 12.4. The molecule has 0 fully saturated rings. The number of ether oxygens (including phenoxy) is 4. The van der Waals surface area contributed by atoms with Crippen molar-refractivity contribution < 1.29 is 23.7 Å². The molecule has 27 heavy (non-hydrogen) atoms. The van der Waals surface area contributed by atoms with Crippen LogP contribution in [0.4, 0.5) is 0 Å². The SMILES string of the molecule is CCOc1ccc(CCNC(=O)c2cc(OC)cc(OC)c2)cc1OCC. The van der Waals surface area contributed by atoms with Crippen LogP contribution in [0.5, 0.6) is 23.0 Å². The molecule has 0 saturated carbocycles. The lowest BCUT2D eigenvalue weighted by Gasteiger charge is -2.13. The lowest BCUT2D eigenvalue weighted by molar-refractivity contribution is 0.0953. The summed E-state index contributed by atoms with van der Waals surface area (Å²) in [6, 6.07) is 10.9. The summed E-state index contributed by atoms with van der Waals surface area (Å²) >= 11 is 0. The Kier molecular flexibility index (Phi) is 7.79. The largest absolute Gasteiger partial charge is 0.497 e. The van der Waals surface area contributed by atoms with Gasteiger partial charge < -0.3 is 24.3 Å². The molecule has 146 valence electrons. The summed E-state index contributed by atoms with van der Waals surface area (Å²) in [5, 5.41) is 2.92. The third kappa shape index (κ3) is 5.81. The predicted molar refractivity (Wildman–Crippen MR) is 104 cm³/mol. The summed E-state index contributed by atoms with van der Waals surface area (Å²) in [4.78, 5) is 12.4. The fraction of sp³-hybridized carbons (Fsp3) is 0.381. The van der Waals surface area contributed by atoms with Crippen molar-refractivity contribution >= 4 is 5.91 Å². The molecular formula is C21H27NO5. The van der Waals surface area contributed by atoms with Gasteiger partial charge in [0.2, 0.25) is 0 Å². The first-order valence-corrected chi connectivity index (χ1v) is 9.01. The first kappa shape index (κ1) is 20.4. The third-order valence-corrected chi connectivity index (χ3v) is 3.92. The zero-order valence-electron chi connectivity index (χ0n) is 16.3. The Morgan fingerprint density at radius 2 is 1.52 bits per heavy atom. The molecule has 0 aliphatic carbocycles. The molecule has 0 bridgehead atoms. The Balaban J connectivity index is 1.99. The molecule has 2 aromatic rings. The second-order valence-electron chi connectivity index (χ2n) is 5.75. The first-order chi connectivity index (χ1) is 13.1. The standard InChI is InChI=1S/C21H27NO5/c1-5-26-19-8-7-15(11-20(19)27-6-2)9-10-22-21(23)16-12-17(24-3)14-18(13-16)25-4/h7-8,11-14H,5-6,9-10H2,1-4H3,(H,22,23). The summed E-state index contributed by atoms with van der Waals surface area (Å²) in [5.74, 6) is 2.43. The quantitative estimate of drug-likeness (QED) is 0.691. The normalized spacial score (nSPS) is 10.2. The number of carbonyl (C=O) groups excluding carboxylic acids is 1. The molecule has 0 heterocycles. The van der Waals surface area contributed by atoms with Gasteiger partial charge in [-0.05, 0) is 50.1 Å². The van der Waals surface area contributed by atoms with Crippen molar-refractivity contribution in [3.63, 3.8) is 0 Å². The molecule has 0 unspecified atom stereocenters. The van der Waals surface area contributed by atoms with Crippen molar-refractivity contribution in [3.05, 3.63) is 47.5 Å². The fourth-order valence-corrected chi connectivity index (χ4v) is 2.61. The van der Waals surface area contributed by atoms with Gasteiger partial charge in [0.05, 0.1) is 27.4 Å². The molecule has 2 rings (SSSR count). The number of nitrogens with one attached hydrogen (secondary N) is 1. The Morgan fingerprint density at radius 3 is 2.11 bits per heavy atom. The van der Waals surface area contributed by atoms with Crippen LogP contribution in [0.25, 0.3) is 0 Å². The second kappa shape index (κ2) is 10.3. The van der Waals surface area contributed by atoms with E-state index in [2.05, 4.69) is 5.32 Å². The highest BCUT2D eigenvalue weighted by Crippen LogP contribution is 2.28. The summed E-state index contributed by atoms with van der Waals surface area (Å²) < 4.78 is 21.6. The molecule has 0 spiro atoms. The van der Waals surface area contributed by atoms with Gasteiger partial charge in [-0.2, -0.15) is 0 Å². The van der Waals surface area contributed by atoms with Gasteiger partial charge in [0.15, 0.2) is 11.5 Å². The molecule has 0 atom stereocenters. The van der Waals surface area contributed by atoms with E-state index in [1.54, 1.807) is 32.4 Å². The molecular weight excluding hydrogens is 346 g/mol. The van der Waals surface area contributed by atoms with Crippen molar-refractivity contribution in [2.45, 2.75) is 20.3 Å². The molecule has 6 heteroatoms. The minimum Gasteiger partial charge on any atom is -0.497 e. The van der Waals surface area contributed by atoms with Gasteiger partial charge in [0, 0.05) is 18.2 Å². The number of benzene rings is 2. The van der Waals surface area contributed by atoms with Crippen LogP contribution in [0, 0.1) is 0 Å². The van der Waals surface area contributed by atoms with Crippen molar-refractivity contribution in [1.29, 1.82) is 0 Å². The monoisotopic (exact) mass is 373 g/mol. The van der Waals surface area contributed by atoms with E-state index in [0.29, 0.717) is 43.2 Å². The van der Waals surface area contributed by atoms with E-state index in [4.69, 9.17) is 18.9 Å². The average molecular weight is 373 g/mol. The van der Waals surface area contributed by atoms with Crippen molar-refractivity contribution in [1.82, 2.24) is 5.32 Å². The molecule has 0 aromatic heterocycles. The number of methoxy groups -OCH3 is 2. The predicted octanol–water partition coefficient (Wildman–Crippen LogP) is 3.47. The maximum Gasteiger partial charge on any atom is 0.251 e. The lowest BCUT2D eigenvalue weighted by atomic mass is 10.1. The number of rotatable bonds is 10. The van der Waals surface area contributed by atoms with Gasteiger partial charge >= 0.3 is 0 Å². The first-order valence-electron chi connectivity index (χ1n) is 9.01. The zero-order chi connectivity index (χ0) is 19.6. The highest BCUT2D eigenvalue weighted by Gasteiger charge is 2.10. The van der Waals surface area contributed by atoms with Crippen LogP contribution in [0.2, 0.25) is 0 Å². The Morgan fingerprint density at radius 1 is 0.889 bits per heavy atom. The molecule has 6 nitrogen and oxygen atoms in total. The number of carbonyl (C=O) groups is 1. The van der Waals surface area contributed by atoms with E-state index < -0.39 is 0 Å². The summed E-state index contributed by atoms with van der Waals surface area (Å²) in [6.45, 7) is 5.52. The summed E-state index contributed by atoms with van der Waals surface area (Å²) in [5.41, 5.74) is 1.55. The third-order valence-electron chi connectivity index (χ3n) is 3.92. The average Bonchev–Trinajstić information content (AvgIpc) is 2.69. The molecule has 0 aliphatic heterocycles. The smallest absolute Gasteiger partial charge is 0.251 e. The number of hydrogen-bond acceptors (Lipinski definition) is 5.